The summed E-state index contributed by atoms with van der Waals surface area (Å²) in [5, 5.41) is 0. The zero-order valence-electron chi connectivity index (χ0n) is 16.1. The van der Waals surface area contributed by atoms with Crippen LogP contribution >= 0.6 is 0 Å². The minimum absolute atomic E-state index is 0.194. The smallest absolute Gasteiger partial charge is 0.277 e. The molecule has 4 rings (SSSR count). The number of benzene rings is 1. The van der Waals surface area contributed by atoms with E-state index in [0.717, 1.165) is 32.0 Å². The quantitative estimate of drug-likeness (QED) is 0.786. The van der Waals surface area contributed by atoms with Crippen molar-refractivity contribution in [1.29, 1.82) is 0 Å². The fourth-order valence-corrected chi connectivity index (χ4v) is 4.05. The molecule has 0 atom stereocenters. The van der Waals surface area contributed by atoms with Crippen LogP contribution in [0.25, 0.3) is 0 Å². The number of rotatable bonds is 4. The maximum atomic E-state index is 14.0. The van der Waals surface area contributed by atoms with Crippen molar-refractivity contribution in [3.8, 4) is 0 Å². The second kappa shape index (κ2) is 8.56. The van der Waals surface area contributed by atoms with Gasteiger partial charge >= 0.3 is 0 Å². The van der Waals surface area contributed by atoms with E-state index < -0.39 is 0 Å². The van der Waals surface area contributed by atoms with Gasteiger partial charge in [-0.3, -0.25) is 9.69 Å². The van der Waals surface area contributed by atoms with E-state index >= 15 is 0 Å². The molecule has 1 aromatic heterocycles. The van der Waals surface area contributed by atoms with Crippen LogP contribution in [0, 0.1) is 5.82 Å². The van der Waals surface area contributed by atoms with Gasteiger partial charge in [0.05, 0.1) is 11.9 Å². The van der Waals surface area contributed by atoms with Crippen LogP contribution in [0.2, 0.25) is 0 Å². The number of nitrogens with zero attached hydrogens (tertiary/aromatic N) is 3. The predicted molar refractivity (Wildman–Crippen MR) is 106 cm³/mol. The van der Waals surface area contributed by atoms with E-state index in [1.807, 2.05) is 34.2 Å². The van der Waals surface area contributed by atoms with Crippen LogP contribution in [-0.2, 0) is 4.79 Å². The number of carbonyl (C=O) groups is 1. The Hall–Kier alpha value is -2.67. The van der Waals surface area contributed by atoms with Crippen LogP contribution in [-0.4, -0.2) is 69.7 Å². The third kappa shape index (κ3) is 4.25. The average Bonchev–Trinajstić information content (AvgIpc) is 2.75. The third-order valence-corrected chi connectivity index (χ3v) is 5.73. The normalized spacial score (nSPS) is 18.4. The van der Waals surface area contributed by atoms with Crippen LogP contribution in [0.3, 0.4) is 0 Å². The second-order valence-electron chi connectivity index (χ2n) is 7.48. The number of hydrogen-bond acceptors (Lipinski definition) is 3. The van der Waals surface area contributed by atoms with E-state index in [1.165, 1.54) is 11.0 Å². The molecule has 0 unspecified atom stereocenters. The van der Waals surface area contributed by atoms with Crippen LogP contribution in [0.15, 0.2) is 48.7 Å². The summed E-state index contributed by atoms with van der Waals surface area (Å²) < 4.78 is 14.0. The summed E-state index contributed by atoms with van der Waals surface area (Å²) in [6, 6.07) is 13.0. The Morgan fingerprint density at radius 1 is 0.929 bits per heavy atom. The Kier molecular flexibility index (Phi) is 5.71. The zero-order chi connectivity index (χ0) is 19.3. The standard InChI is InChI=1S/C21H26FN5O/c22-18-5-1-2-6-19(18)25-13-15-27(16-14-25)21(28)17-24-9-11-26(12-10-24)20-7-3-4-8-23-20/h1-8H,9-17H2/p+2. The molecule has 0 radical (unpaired) electrons. The Morgan fingerprint density at radius 2 is 1.64 bits per heavy atom. The molecule has 7 heteroatoms. The monoisotopic (exact) mass is 385 g/mol. The molecule has 148 valence electrons. The zero-order valence-corrected chi connectivity index (χ0v) is 16.1. The molecule has 1 amide bonds. The summed E-state index contributed by atoms with van der Waals surface area (Å²) in [4.78, 5) is 23.6. The Bertz CT molecular complexity index is 786. The molecule has 0 bridgehead atoms. The molecule has 0 aliphatic carbocycles. The fraction of sp³-hybridized carbons (Fsp3) is 0.429. The molecule has 2 saturated heterocycles. The summed E-state index contributed by atoms with van der Waals surface area (Å²) in [5.74, 6) is 1.15. The number of quaternary nitrogens is 1. The number of halogens is 1. The Balaban J connectivity index is 1.24. The Labute approximate surface area is 165 Å². The first-order chi connectivity index (χ1) is 13.7. The van der Waals surface area contributed by atoms with Gasteiger partial charge in [-0.25, -0.2) is 9.37 Å². The van der Waals surface area contributed by atoms with Crippen molar-refractivity contribution in [2.45, 2.75) is 0 Å². The summed E-state index contributed by atoms with van der Waals surface area (Å²) in [6.07, 6.45) is 1.94. The van der Waals surface area contributed by atoms with Crippen molar-refractivity contribution in [3.63, 3.8) is 0 Å². The number of aromatic nitrogens is 1. The number of hydrogen-bond donors (Lipinski definition) is 1. The lowest BCUT2D eigenvalue weighted by Crippen LogP contribution is -3.16. The van der Waals surface area contributed by atoms with Gasteiger partial charge in [-0.05, 0) is 18.2 Å². The van der Waals surface area contributed by atoms with Gasteiger partial charge in [0.2, 0.25) is 0 Å². The predicted octanol–water partition coefficient (Wildman–Crippen LogP) is -0.306. The maximum absolute atomic E-state index is 14.0. The van der Waals surface area contributed by atoms with Gasteiger partial charge in [-0.2, -0.15) is 0 Å². The third-order valence-electron chi connectivity index (χ3n) is 5.73. The van der Waals surface area contributed by atoms with E-state index in [-0.39, 0.29) is 11.7 Å². The number of nitrogens with one attached hydrogen (secondary N) is 2. The highest BCUT2D eigenvalue weighted by Gasteiger charge is 2.30. The number of piperazine rings is 2. The fourth-order valence-electron chi connectivity index (χ4n) is 4.05. The van der Waals surface area contributed by atoms with Gasteiger partial charge in [-0.15, -0.1) is 0 Å². The van der Waals surface area contributed by atoms with Crippen molar-refractivity contribution < 1.29 is 19.1 Å². The van der Waals surface area contributed by atoms with Crippen LogP contribution < -0.4 is 19.7 Å². The molecule has 1 aromatic carbocycles. The molecule has 0 spiro atoms. The molecule has 2 aliphatic heterocycles. The summed E-state index contributed by atoms with van der Waals surface area (Å²) in [6.45, 7) is 7.05. The number of H-pyrrole nitrogens is 1. The van der Waals surface area contributed by atoms with Gasteiger partial charge < -0.3 is 14.7 Å². The first-order valence-corrected chi connectivity index (χ1v) is 10.0. The van der Waals surface area contributed by atoms with Crippen molar-refractivity contribution in [2.75, 3.05) is 68.7 Å². The van der Waals surface area contributed by atoms with Crippen molar-refractivity contribution in [1.82, 2.24) is 4.90 Å². The van der Waals surface area contributed by atoms with Crippen molar-refractivity contribution in [2.24, 2.45) is 0 Å². The van der Waals surface area contributed by atoms with Crippen LogP contribution in [0.4, 0.5) is 15.9 Å². The minimum Gasteiger partial charge on any atom is -0.366 e. The lowest BCUT2D eigenvalue weighted by atomic mass is 10.2. The number of anilines is 2. The summed E-state index contributed by atoms with van der Waals surface area (Å²) in [7, 11) is 0. The summed E-state index contributed by atoms with van der Waals surface area (Å²) >= 11 is 0. The molecule has 2 aliphatic rings. The number of amides is 1. The van der Waals surface area contributed by atoms with Crippen LogP contribution in [0.1, 0.15) is 0 Å². The molecular weight excluding hydrogens is 357 g/mol. The van der Waals surface area contributed by atoms with Crippen molar-refractivity contribution >= 4 is 17.4 Å². The van der Waals surface area contributed by atoms with E-state index in [9.17, 15) is 9.18 Å². The van der Waals surface area contributed by atoms with E-state index in [4.69, 9.17) is 0 Å². The average molecular weight is 385 g/mol. The van der Waals surface area contributed by atoms with Gasteiger partial charge in [0.1, 0.15) is 32.0 Å². The molecule has 2 fully saturated rings. The number of para-hydroxylation sites is 1. The SMILES string of the molecule is O=C(C[NH+]1CCN(c2cccc[nH+]2)CC1)N1CCN(c2ccccc2F)CC1. The largest absolute Gasteiger partial charge is 0.366 e. The highest BCUT2D eigenvalue weighted by atomic mass is 19.1. The van der Waals surface area contributed by atoms with Gasteiger partial charge in [0.15, 0.2) is 6.54 Å². The number of pyridine rings is 1. The molecule has 6 nitrogen and oxygen atoms in total. The summed E-state index contributed by atoms with van der Waals surface area (Å²) in [5.41, 5.74) is 0.633. The lowest BCUT2D eigenvalue weighted by Gasteiger charge is -2.37. The molecule has 0 saturated carbocycles. The minimum atomic E-state index is -0.194. The van der Waals surface area contributed by atoms with Gasteiger partial charge in [0.25, 0.3) is 11.7 Å². The number of carbonyl (C=O) groups excluding carboxylic acids is 1. The van der Waals surface area contributed by atoms with Gasteiger partial charge in [0, 0.05) is 32.2 Å². The van der Waals surface area contributed by atoms with Crippen LogP contribution in [0.5, 0.6) is 0 Å². The topological polar surface area (TPSA) is 45.4 Å². The molecular formula is C21H28FN5O+2. The molecule has 28 heavy (non-hydrogen) atoms. The molecule has 3 heterocycles. The second-order valence-corrected chi connectivity index (χ2v) is 7.48. The lowest BCUT2D eigenvalue weighted by molar-refractivity contribution is -0.892. The van der Waals surface area contributed by atoms with E-state index in [1.54, 1.807) is 12.1 Å². The van der Waals surface area contributed by atoms with Gasteiger partial charge in [-0.1, -0.05) is 18.2 Å². The molecule has 2 N–H and O–H groups in total. The first-order valence-electron chi connectivity index (χ1n) is 10.0. The highest BCUT2D eigenvalue weighted by molar-refractivity contribution is 5.77. The first kappa shape index (κ1) is 18.7. The Morgan fingerprint density at radius 3 is 2.32 bits per heavy atom. The maximum Gasteiger partial charge on any atom is 0.277 e. The molecule has 2 aromatic rings. The number of aromatic amines is 1. The van der Waals surface area contributed by atoms with E-state index in [0.29, 0.717) is 38.4 Å². The van der Waals surface area contributed by atoms with E-state index in [2.05, 4.69) is 16.0 Å². The van der Waals surface area contributed by atoms with Crippen molar-refractivity contribution in [3.05, 3.63) is 54.5 Å². The highest BCUT2D eigenvalue weighted by Crippen LogP contribution is 2.20.